The van der Waals surface area contributed by atoms with Gasteiger partial charge in [0.1, 0.15) is 5.82 Å². The molecule has 21 heavy (non-hydrogen) atoms. The molecule has 0 aliphatic rings. The highest BCUT2D eigenvalue weighted by Crippen LogP contribution is 2.25. The number of nitrogens with zero attached hydrogens (tertiary/aromatic N) is 4. The van der Waals surface area contributed by atoms with Gasteiger partial charge < -0.3 is 4.90 Å². The van der Waals surface area contributed by atoms with E-state index >= 15 is 0 Å². The molecule has 104 valence electrons. The SMILES string of the molecule is Clc1nccc(N(Cc2ccncc2)c2ccccc2)n1. The molecule has 0 saturated heterocycles. The van der Waals surface area contributed by atoms with Crippen LogP contribution >= 0.6 is 11.6 Å². The number of rotatable bonds is 4. The number of benzene rings is 1. The van der Waals surface area contributed by atoms with Crippen LogP contribution in [0.2, 0.25) is 5.28 Å². The lowest BCUT2D eigenvalue weighted by atomic mass is 10.2. The summed E-state index contributed by atoms with van der Waals surface area (Å²) in [6.07, 6.45) is 5.23. The van der Waals surface area contributed by atoms with Gasteiger partial charge in [-0.25, -0.2) is 9.97 Å². The van der Waals surface area contributed by atoms with Gasteiger partial charge in [0.05, 0.1) is 0 Å². The fourth-order valence-electron chi connectivity index (χ4n) is 2.06. The first-order valence-corrected chi connectivity index (χ1v) is 6.91. The Labute approximate surface area is 128 Å². The van der Waals surface area contributed by atoms with E-state index in [4.69, 9.17) is 11.6 Å². The Hall–Kier alpha value is -2.46. The number of hydrogen-bond donors (Lipinski definition) is 0. The molecule has 0 unspecified atom stereocenters. The van der Waals surface area contributed by atoms with Crippen LogP contribution in [0.5, 0.6) is 0 Å². The minimum absolute atomic E-state index is 0.239. The molecule has 2 heterocycles. The summed E-state index contributed by atoms with van der Waals surface area (Å²) in [7, 11) is 0. The molecule has 0 atom stereocenters. The van der Waals surface area contributed by atoms with Crippen LogP contribution in [0, 0.1) is 0 Å². The van der Waals surface area contributed by atoms with Gasteiger partial charge in [0.25, 0.3) is 0 Å². The molecule has 0 N–H and O–H groups in total. The molecule has 0 amide bonds. The third kappa shape index (κ3) is 3.35. The fourth-order valence-corrected chi connectivity index (χ4v) is 2.20. The Morgan fingerprint density at radius 2 is 1.67 bits per heavy atom. The molecule has 1 aromatic carbocycles. The Morgan fingerprint density at radius 3 is 2.38 bits per heavy atom. The zero-order chi connectivity index (χ0) is 14.5. The van der Waals surface area contributed by atoms with Crippen molar-refractivity contribution < 1.29 is 0 Å². The summed E-state index contributed by atoms with van der Waals surface area (Å²) in [6, 6.07) is 15.9. The maximum atomic E-state index is 5.92. The van der Waals surface area contributed by atoms with E-state index < -0.39 is 0 Å². The Morgan fingerprint density at radius 1 is 0.905 bits per heavy atom. The molecule has 3 aromatic rings. The number of aromatic nitrogens is 3. The predicted molar refractivity (Wildman–Crippen MR) is 83.6 cm³/mol. The number of para-hydroxylation sites is 1. The van der Waals surface area contributed by atoms with Gasteiger partial charge in [-0.05, 0) is 47.5 Å². The van der Waals surface area contributed by atoms with Crippen LogP contribution in [0.1, 0.15) is 5.56 Å². The van der Waals surface area contributed by atoms with E-state index in [0.717, 1.165) is 17.1 Å². The summed E-state index contributed by atoms with van der Waals surface area (Å²) in [5.41, 5.74) is 2.19. The van der Waals surface area contributed by atoms with Crippen LogP contribution < -0.4 is 4.90 Å². The van der Waals surface area contributed by atoms with Crippen LogP contribution in [0.3, 0.4) is 0 Å². The van der Waals surface area contributed by atoms with Crippen LogP contribution in [-0.2, 0) is 6.54 Å². The normalized spacial score (nSPS) is 10.3. The third-order valence-electron chi connectivity index (χ3n) is 3.05. The lowest BCUT2D eigenvalue weighted by molar-refractivity contribution is 0.934. The molecular formula is C16H13ClN4. The summed E-state index contributed by atoms with van der Waals surface area (Å²) in [4.78, 5) is 14.4. The van der Waals surface area contributed by atoms with Crippen molar-refractivity contribution in [2.45, 2.75) is 6.54 Å². The second-order valence-corrected chi connectivity index (χ2v) is 4.80. The molecule has 0 aliphatic heterocycles. The molecule has 0 bridgehead atoms. The Kier molecular flexibility index (Phi) is 4.07. The number of halogens is 1. The second-order valence-electron chi connectivity index (χ2n) is 4.46. The highest BCUT2D eigenvalue weighted by Gasteiger charge is 2.12. The molecule has 0 saturated carbocycles. The van der Waals surface area contributed by atoms with Crippen molar-refractivity contribution >= 4 is 23.1 Å². The van der Waals surface area contributed by atoms with Gasteiger partial charge >= 0.3 is 0 Å². The van der Waals surface area contributed by atoms with Crippen LogP contribution in [0.4, 0.5) is 11.5 Å². The molecule has 0 radical (unpaired) electrons. The van der Waals surface area contributed by atoms with Crippen LogP contribution in [0.15, 0.2) is 67.1 Å². The minimum Gasteiger partial charge on any atom is -0.322 e. The minimum atomic E-state index is 0.239. The van der Waals surface area contributed by atoms with Crippen molar-refractivity contribution in [2.24, 2.45) is 0 Å². The quantitative estimate of drug-likeness (QED) is 0.686. The van der Waals surface area contributed by atoms with Crippen molar-refractivity contribution in [3.8, 4) is 0 Å². The zero-order valence-corrected chi connectivity index (χ0v) is 12.0. The van der Waals surface area contributed by atoms with E-state index in [9.17, 15) is 0 Å². The lowest BCUT2D eigenvalue weighted by Crippen LogP contribution is -2.17. The molecular weight excluding hydrogens is 284 g/mol. The summed E-state index contributed by atoms with van der Waals surface area (Å²) >= 11 is 5.92. The van der Waals surface area contributed by atoms with Gasteiger partial charge in [-0.2, -0.15) is 0 Å². The monoisotopic (exact) mass is 296 g/mol. The molecule has 5 heteroatoms. The average molecular weight is 297 g/mol. The van der Waals surface area contributed by atoms with Crippen LogP contribution in [-0.4, -0.2) is 15.0 Å². The second kappa shape index (κ2) is 6.33. The van der Waals surface area contributed by atoms with Gasteiger partial charge in [-0.3, -0.25) is 4.98 Å². The largest absolute Gasteiger partial charge is 0.322 e. The summed E-state index contributed by atoms with van der Waals surface area (Å²) in [5, 5.41) is 0.239. The van der Waals surface area contributed by atoms with E-state index in [2.05, 4.69) is 19.9 Å². The van der Waals surface area contributed by atoms with Gasteiger partial charge in [-0.15, -0.1) is 0 Å². The molecule has 3 rings (SSSR count). The maximum Gasteiger partial charge on any atom is 0.224 e. The summed E-state index contributed by atoms with van der Waals surface area (Å²) < 4.78 is 0. The highest BCUT2D eigenvalue weighted by molar-refractivity contribution is 6.28. The topological polar surface area (TPSA) is 41.9 Å². The van der Waals surface area contributed by atoms with Crippen molar-refractivity contribution in [3.05, 3.63) is 78.0 Å². The molecule has 0 fully saturated rings. The van der Waals surface area contributed by atoms with E-state index in [-0.39, 0.29) is 5.28 Å². The van der Waals surface area contributed by atoms with E-state index in [1.165, 1.54) is 0 Å². The van der Waals surface area contributed by atoms with E-state index in [1.54, 1.807) is 18.6 Å². The van der Waals surface area contributed by atoms with Crippen molar-refractivity contribution in [3.63, 3.8) is 0 Å². The lowest BCUT2D eigenvalue weighted by Gasteiger charge is -2.23. The first kappa shape index (κ1) is 13.5. The first-order valence-electron chi connectivity index (χ1n) is 6.53. The number of pyridine rings is 1. The van der Waals surface area contributed by atoms with E-state index in [1.807, 2.05) is 48.5 Å². The highest BCUT2D eigenvalue weighted by atomic mass is 35.5. The molecule has 4 nitrogen and oxygen atoms in total. The van der Waals surface area contributed by atoms with Gasteiger partial charge in [0.15, 0.2) is 0 Å². The zero-order valence-electron chi connectivity index (χ0n) is 11.2. The summed E-state index contributed by atoms with van der Waals surface area (Å²) in [6.45, 7) is 0.680. The molecule has 0 aliphatic carbocycles. The van der Waals surface area contributed by atoms with Gasteiger partial charge in [0.2, 0.25) is 5.28 Å². The smallest absolute Gasteiger partial charge is 0.224 e. The maximum absolute atomic E-state index is 5.92. The van der Waals surface area contributed by atoms with Crippen molar-refractivity contribution in [1.82, 2.24) is 15.0 Å². The van der Waals surface area contributed by atoms with Gasteiger partial charge in [0, 0.05) is 30.8 Å². The van der Waals surface area contributed by atoms with Gasteiger partial charge in [-0.1, -0.05) is 18.2 Å². The average Bonchev–Trinajstić information content (AvgIpc) is 2.54. The van der Waals surface area contributed by atoms with Crippen molar-refractivity contribution in [1.29, 1.82) is 0 Å². The fraction of sp³-hybridized carbons (Fsp3) is 0.0625. The summed E-state index contributed by atoms with van der Waals surface area (Å²) in [5.74, 6) is 0.762. The van der Waals surface area contributed by atoms with Crippen LogP contribution in [0.25, 0.3) is 0 Å². The standard InChI is InChI=1S/C16H13ClN4/c17-16-19-11-8-15(20-16)21(14-4-2-1-3-5-14)12-13-6-9-18-10-7-13/h1-11H,12H2. The third-order valence-corrected chi connectivity index (χ3v) is 3.23. The first-order chi connectivity index (χ1) is 10.3. The molecule has 2 aromatic heterocycles. The predicted octanol–water partition coefficient (Wildman–Crippen LogP) is 3.86. The van der Waals surface area contributed by atoms with Crippen molar-refractivity contribution in [2.75, 3.05) is 4.90 Å². The molecule has 0 spiro atoms. The number of anilines is 2. The number of hydrogen-bond acceptors (Lipinski definition) is 4. The van der Waals surface area contributed by atoms with E-state index in [0.29, 0.717) is 6.54 Å². The Balaban J connectivity index is 1.99. The Bertz CT molecular complexity index is 704.